The number of unbranched alkanes of at least 4 members (excludes halogenated alkanes) is 20. The van der Waals surface area contributed by atoms with Gasteiger partial charge in [-0.05, 0) is 83.6 Å². The fourth-order valence-corrected chi connectivity index (χ4v) is 6.31. The Morgan fingerprint density at radius 3 is 1.62 bits per heavy atom. The third-order valence-electron chi connectivity index (χ3n) is 9.50. The zero-order valence-corrected chi connectivity index (χ0v) is 32.7. The summed E-state index contributed by atoms with van der Waals surface area (Å²) in [6, 6.07) is -0.855. The van der Waals surface area contributed by atoms with Crippen molar-refractivity contribution < 1.29 is 24.2 Å². The Morgan fingerprint density at radius 2 is 1.08 bits per heavy atom. The van der Waals surface area contributed by atoms with Crippen molar-refractivity contribution in [3.63, 3.8) is 0 Å². The molecule has 0 aliphatic heterocycles. The first-order valence-corrected chi connectivity index (χ1v) is 21.2. The van der Waals surface area contributed by atoms with Crippen LogP contribution in [-0.2, 0) is 19.1 Å². The summed E-state index contributed by atoms with van der Waals surface area (Å²) in [7, 11) is 0. The molecule has 0 aromatic rings. The first-order valence-electron chi connectivity index (χ1n) is 21.2. The highest BCUT2D eigenvalue weighted by atomic mass is 16.5. The van der Waals surface area contributed by atoms with Crippen LogP contribution in [0.15, 0.2) is 24.3 Å². The number of hydrogen-bond donors (Lipinski definition) is 3. The van der Waals surface area contributed by atoms with E-state index in [0.29, 0.717) is 32.2 Å². The number of carbonyl (C=O) groups is 3. The van der Waals surface area contributed by atoms with Gasteiger partial charge in [-0.1, -0.05) is 147 Å². The minimum atomic E-state index is -1.00. The number of nitrogens with two attached hydrogens (primary N) is 1. The third-order valence-corrected chi connectivity index (χ3v) is 9.50. The van der Waals surface area contributed by atoms with E-state index in [0.717, 1.165) is 77.0 Å². The Kier molecular flexibility index (Phi) is 36.5. The Labute approximate surface area is 308 Å². The Hall–Kier alpha value is -2.15. The summed E-state index contributed by atoms with van der Waals surface area (Å²) < 4.78 is 6.03. The van der Waals surface area contributed by atoms with Gasteiger partial charge in [0.1, 0.15) is 12.1 Å². The van der Waals surface area contributed by atoms with Gasteiger partial charge in [-0.3, -0.25) is 9.59 Å². The summed E-state index contributed by atoms with van der Waals surface area (Å²) in [5.41, 5.74) is 5.48. The Bertz CT molecular complexity index is 843. The number of carboxylic acid groups (broad SMARTS) is 1. The van der Waals surface area contributed by atoms with Crippen LogP contribution in [0.3, 0.4) is 0 Å². The maximum Gasteiger partial charge on any atom is 0.326 e. The number of ether oxygens (including phenoxy) is 1. The van der Waals surface area contributed by atoms with Crippen LogP contribution >= 0.6 is 0 Å². The zero-order valence-electron chi connectivity index (χ0n) is 32.7. The maximum absolute atomic E-state index is 12.8. The van der Waals surface area contributed by atoms with Crippen molar-refractivity contribution in [3.05, 3.63) is 24.3 Å². The van der Waals surface area contributed by atoms with Crippen LogP contribution < -0.4 is 11.1 Å². The Balaban J connectivity index is 4.33. The number of esters is 1. The summed E-state index contributed by atoms with van der Waals surface area (Å²) in [5, 5.41) is 11.9. The first-order chi connectivity index (χ1) is 24.4. The van der Waals surface area contributed by atoms with Crippen molar-refractivity contribution in [1.29, 1.82) is 0 Å². The number of amides is 1. The van der Waals surface area contributed by atoms with Gasteiger partial charge < -0.3 is 20.9 Å². The summed E-state index contributed by atoms with van der Waals surface area (Å²) in [6.07, 6.45) is 42.1. The van der Waals surface area contributed by atoms with Crippen LogP contribution in [-0.4, -0.2) is 41.6 Å². The molecule has 0 heterocycles. The number of rotatable bonds is 38. The molecule has 4 N–H and O–H groups in total. The van der Waals surface area contributed by atoms with Crippen LogP contribution in [0.25, 0.3) is 0 Å². The van der Waals surface area contributed by atoms with Crippen molar-refractivity contribution in [1.82, 2.24) is 5.32 Å². The van der Waals surface area contributed by atoms with E-state index in [-0.39, 0.29) is 18.0 Å². The van der Waals surface area contributed by atoms with Crippen molar-refractivity contribution in [2.45, 2.75) is 225 Å². The minimum Gasteiger partial charge on any atom is -0.480 e. The molecule has 0 spiro atoms. The standard InChI is InChI=1S/C43H80N2O5/c1-3-5-7-9-11-13-15-16-18-20-22-27-31-37-42(47)50-39(33-28-24-21-19-17-14-12-10-8-6-4-2)34-29-25-23-26-30-36-41(46)45-40(43(48)49)35-32-38-44/h7,9,13,15,39-40H,3-6,8,10-12,14,16-38,44H2,1-2H3,(H,45,46)(H,48,49)/b9-7-,15-13-. The molecule has 50 heavy (non-hydrogen) atoms. The predicted octanol–water partition coefficient (Wildman–Crippen LogP) is 11.7. The molecule has 292 valence electrons. The second-order valence-electron chi connectivity index (χ2n) is 14.4. The summed E-state index contributed by atoms with van der Waals surface area (Å²) >= 11 is 0. The molecule has 0 aliphatic rings. The molecular weight excluding hydrogens is 624 g/mol. The second kappa shape index (κ2) is 38.1. The van der Waals surface area contributed by atoms with Gasteiger partial charge in [0.25, 0.3) is 0 Å². The van der Waals surface area contributed by atoms with E-state index in [4.69, 9.17) is 10.5 Å². The van der Waals surface area contributed by atoms with Crippen molar-refractivity contribution >= 4 is 17.8 Å². The van der Waals surface area contributed by atoms with E-state index in [1.54, 1.807) is 0 Å². The zero-order chi connectivity index (χ0) is 36.8. The SMILES string of the molecule is CCC/C=C\C/C=C\CCCCCCCC(=O)OC(CCCCCCCCCCCCC)CCCCCCCC(=O)NC(CCCN)C(=O)O. The number of hydrogen-bond acceptors (Lipinski definition) is 5. The maximum atomic E-state index is 12.8. The van der Waals surface area contributed by atoms with Gasteiger partial charge in [0.15, 0.2) is 0 Å². The van der Waals surface area contributed by atoms with Crippen molar-refractivity contribution in [2.24, 2.45) is 5.73 Å². The van der Waals surface area contributed by atoms with Gasteiger partial charge in [0.05, 0.1) is 0 Å². The quantitative estimate of drug-likeness (QED) is 0.0334. The van der Waals surface area contributed by atoms with Crippen molar-refractivity contribution in [3.8, 4) is 0 Å². The smallest absolute Gasteiger partial charge is 0.326 e. The molecule has 0 aromatic carbocycles. The van der Waals surface area contributed by atoms with E-state index in [1.807, 2.05) is 0 Å². The number of allylic oxidation sites excluding steroid dienone is 4. The lowest BCUT2D eigenvalue weighted by molar-refractivity contribution is -0.150. The monoisotopic (exact) mass is 705 g/mol. The van der Waals surface area contributed by atoms with E-state index < -0.39 is 12.0 Å². The summed E-state index contributed by atoms with van der Waals surface area (Å²) in [6.45, 7) is 4.88. The highest BCUT2D eigenvalue weighted by Gasteiger charge is 2.19. The molecule has 0 saturated heterocycles. The van der Waals surface area contributed by atoms with E-state index >= 15 is 0 Å². The molecule has 0 rings (SSSR count). The normalized spacial score (nSPS) is 12.9. The van der Waals surface area contributed by atoms with Crippen LogP contribution in [0.5, 0.6) is 0 Å². The molecule has 0 radical (unpaired) electrons. The summed E-state index contributed by atoms with van der Waals surface area (Å²) in [4.78, 5) is 36.3. The fourth-order valence-electron chi connectivity index (χ4n) is 6.31. The fraction of sp³-hybridized carbons (Fsp3) is 0.837. The van der Waals surface area contributed by atoms with Crippen LogP contribution in [0.4, 0.5) is 0 Å². The molecule has 0 bridgehead atoms. The van der Waals surface area contributed by atoms with Crippen LogP contribution in [0.2, 0.25) is 0 Å². The summed E-state index contributed by atoms with van der Waals surface area (Å²) in [5.74, 6) is -1.24. The van der Waals surface area contributed by atoms with Gasteiger partial charge >= 0.3 is 11.9 Å². The largest absolute Gasteiger partial charge is 0.480 e. The molecule has 1 amide bonds. The van der Waals surface area contributed by atoms with E-state index in [2.05, 4.69) is 43.5 Å². The molecule has 7 nitrogen and oxygen atoms in total. The molecule has 0 fully saturated rings. The average molecular weight is 705 g/mol. The Morgan fingerprint density at radius 1 is 0.580 bits per heavy atom. The van der Waals surface area contributed by atoms with E-state index in [9.17, 15) is 19.5 Å². The molecular formula is C43H80N2O5. The average Bonchev–Trinajstić information content (AvgIpc) is 3.10. The molecule has 2 unspecified atom stereocenters. The highest BCUT2D eigenvalue weighted by Crippen LogP contribution is 2.19. The lowest BCUT2D eigenvalue weighted by Gasteiger charge is -2.18. The molecule has 7 heteroatoms. The van der Waals surface area contributed by atoms with Crippen molar-refractivity contribution in [2.75, 3.05) is 6.54 Å². The molecule has 0 aliphatic carbocycles. The second-order valence-corrected chi connectivity index (χ2v) is 14.4. The lowest BCUT2D eigenvalue weighted by Crippen LogP contribution is -2.40. The lowest BCUT2D eigenvalue weighted by atomic mass is 10.0. The van der Waals surface area contributed by atoms with Crippen LogP contribution in [0.1, 0.15) is 213 Å². The minimum absolute atomic E-state index is 0.0110. The van der Waals surface area contributed by atoms with Gasteiger partial charge in [0.2, 0.25) is 5.91 Å². The van der Waals surface area contributed by atoms with Gasteiger partial charge in [0, 0.05) is 12.8 Å². The highest BCUT2D eigenvalue weighted by molar-refractivity contribution is 5.83. The number of carboxylic acids is 1. The topological polar surface area (TPSA) is 119 Å². The van der Waals surface area contributed by atoms with Gasteiger partial charge in [-0.15, -0.1) is 0 Å². The number of aliphatic carboxylic acids is 1. The van der Waals surface area contributed by atoms with Gasteiger partial charge in [-0.25, -0.2) is 4.79 Å². The number of carbonyl (C=O) groups excluding carboxylic acids is 2. The third kappa shape index (κ3) is 34.3. The number of nitrogens with one attached hydrogen (secondary N) is 1. The van der Waals surface area contributed by atoms with Crippen LogP contribution in [0, 0.1) is 0 Å². The van der Waals surface area contributed by atoms with Gasteiger partial charge in [-0.2, -0.15) is 0 Å². The molecule has 0 aromatic heterocycles. The predicted molar refractivity (Wildman–Crippen MR) is 211 cm³/mol. The van der Waals surface area contributed by atoms with E-state index in [1.165, 1.54) is 96.3 Å². The molecule has 2 atom stereocenters. The first kappa shape index (κ1) is 47.8. The molecule has 0 saturated carbocycles.